The molecule has 1 aliphatic carbocycles. The van der Waals surface area contributed by atoms with Crippen LogP contribution in [-0.4, -0.2) is 19.6 Å². The second kappa shape index (κ2) is 7.16. The third kappa shape index (κ3) is 3.87. The first-order valence-corrected chi connectivity index (χ1v) is 7.82. The van der Waals surface area contributed by atoms with Gasteiger partial charge in [-0.3, -0.25) is 0 Å². The van der Waals surface area contributed by atoms with Crippen LogP contribution in [0, 0.1) is 0 Å². The van der Waals surface area contributed by atoms with Crippen LogP contribution in [0.15, 0.2) is 18.2 Å². The Kier molecular flexibility index (Phi) is 5.53. The summed E-state index contributed by atoms with van der Waals surface area (Å²) >= 11 is 6.14. The molecule has 2 rings (SSSR count). The van der Waals surface area contributed by atoms with Crippen molar-refractivity contribution in [3.63, 3.8) is 0 Å². The van der Waals surface area contributed by atoms with Gasteiger partial charge in [-0.2, -0.15) is 0 Å². The van der Waals surface area contributed by atoms with Gasteiger partial charge in [-0.25, -0.2) is 0 Å². The van der Waals surface area contributed by atoms with Gasteiger partial charge in [0.15, 0.2) is 0 Å². The van der Waals surface area contributed by atoms with Crippen LogP contribution < -0.4 is 10.2 Å². The normalized spacial score (nSPS) is 16.6. The molecule has 0 unspecified atom stereocenters. The monoisotopic (exact) mass is 280 g/mol. The Morgan fingerprint density at radius 1 is 1.26 bits per heavy atom. The molecule has 0 bridgehead atoms. The van der Waals surface area contributed by atoms with Crippen LogP contribution in [0.2, 0.25) is 5.02 Å². The van der Waals surface area contributed by atoms with Gasteiger partial charge in [0.05, 0.1) is 0 Å². The average molecular weight is 281 g/mol. The Balaban J connectivity index is 2.16. The zero-order valence-electron chi connectivity index (χ0n) is 12.1. The predicted octanol–water partition coefficient (Wildman–Crippen LogP) is 4.22. The SMILES string of the molecule is CCNCc1cc(Cl)ccc1N(C)C1CCCCC1. The van der Waals surface area contributed by atoms with Crippen molar-refractivity contribution in [3.8, 4) is 0 Å². The molecular weight excluding hydrogens is 256 g/mol. The molecule has 1 saturated carbocycles. The van der Waals surface area contributed by atoms with Gasteiger partial charge in [0, 0.05) is 30.3 Å². The summed E-state index contributed by atoms with van der Waals surface area (Å²) in [4.78, 5) is 2.46. The van der Waals surface area contributed by atoms with Crippen molar-refractivity contribution in [2.45, 2.75) is 51.6 Å². The smallest absolute Gasteiger partial charge is 0.0412 e. The maximum atomic E-state index is 6.14. The zero-order valence-corrected chi connectivity index (χ0v) is 12.8. The number of hydrogen-bond donors (Lipinski definition) is 1. The lowest BCUT2D eigenvalue weighted by atomic mass is 9.94. The van der Waals surface area contributed by atoms with E-state index < -0.39 is 0 Å². The highest BCUT2D eigenvalue weighted by Crippen LogP contribution is 2.30. The largest absolute Gasteiger partial charge is 0.371 e. The standard InChI is InChI=1S/C16H25ClN2/c1-3-18-12-13-11-14(17)9-10-16(13)19(2)15-7-5-4-6-8-15/h9-11,15,18H,3-8,12H2,1-2H3. The second-order valence-electron chi connectivity index (χ2n) is 5.46. The molecule has 2 nitrogen and oxygen atoms in total. The van der Waals surface area contributed by atoms with Gasteiger partial charge in [0.2, 0.25) is 0 Å². The van der Waals surface area contributed by atoms with E-state index in [1.807, 2.05) is 6.07 Å². The third-order valence-corrected chi connectivity index (χ3v) is 4.34. The second-order valence-corrected chi connectivity index (χ2v) is 5.89. The van der Waals surface area contributed by atoms with Gasteiger partial charge < -0.3 is 10.2 Å². The lowest BCUT2D eigenvalue weighted by Gasteiger charge is -2.34. The lowest BCUT2D eigenvalue weighted by Crippen LogP contribution is -2.34. The first kappa shape index (κ1) is 14.7. The molecule has 1 aromatic rings. The molecule has 0 saturated heterocycles. The molecule has 0 atom stereocenters. The van der Waals surface area contributed by atoms with Crippen molar-refractivity contribution in [1.82, 2.24) is 5.32 Å². The van der Waals surface area contributed by atoms with Crippen molar-refractivity contribution in [2.75, 3.05) is 18.5 Å². The molecule has 1 fully saturated rings. The van der Waals surface area contributed by atoms with E-state index in [9.17, 15) is 0 Å². The number of halogens is 1. The molecule has 0 radical (unpaired) electrons. The van der Waals surface area contributed by atoms with E-state index >= 15 is 0 Å². The Morgan fingerprint density at radius 2 is 2.00 bits per heavy atom. The molecule has 3 heteroatoms. The number of nitrogens with zero attached hydrogens (tertiary/aromatic N) is 1. The van der Waals surface area contributed by atoms with Crippen LogP contribution in [0.5, 0.6) is 0 Å². The summed E-state index contributed by atoms with van der Waals surface area (Å²) in [6.45, 7) is 4.01. The molecule has 0 aliphatic heterocycles. The van der Waals surface area contributed by atoms with Crippen LogP contribution in [0.4, 0.5) is 5.69 Å². The van der Waals surface area contributed by atoms with Gasteiger partial charge in [-0.1, -0.05) is 37.8 Å². The van der Waals surface area contributed by atoms with Crippen molar-refractivity contribution in [1.29, 1.82) is 0 Å². The summed E-state index contributed by atoms with van der Waals surface area (Å²) in [5, 5.41) is 4.23. The van der Waals surface area contributed by atoms with Gasteiger partial charge in [0.25, 0.3) is 0 Å². The Morgan fingerprint density at radius 3 is 2.68 bits per heavy atom. The van der Waals surface area contributed by atoms with Gasteiger partial charge in [-0.05, 0) is 43.1 Å². The minimum atomic E-state index is 0.690. The summed E-state index contributed by atoms with van der Waals surface area (Å²) in [6.07, 6.45) is 6.77. The maximum absolute atomic E-state index is 6.14. The lowest BCUT2D eigenvalue weighted by molar-refractivity contribution is 0.427. The van der Waals surface area contributed by atoms with E-state index in [1.54, 1.807) is 0 Å². The molecule has 1 aromatic carbocycles. The van der Waals surface area contributed by atoms with E-state index in [0.717, 1.165) is 18.1 Å². The number of anilines is 1. The van der Waals surface area contributed by atoms with E-state index in [-0.39, 0.29) is 0 Å². The molecule has 0 aromatic heterocycles. The number of nitrogens with one attached hydrogen (secondary N) is 1. The summed E-state index contributed by atoms with van der Waals surface area (Å²) in [6, 6.07) is 6.96. The minimum Gasteiger partial charge on any atom is -0.371 e. The number of hydrogen-bond acceptors (Lipinski definition) is 2. The highest BCUT2D eigenvalue weighted by atomic mass is 35.5. The van der Waals surface area contributed by atoms with Crippen LogP contribution in [0.1, 0.15) is 44.6 Å². The molecular formula is C16H25ClN2. The van der Waals surface area contributed by atoms with E-state index in [0.29, 0.717) is 6.04 Å². The molecule has 1 aliphatic rings. The summed E-state index contributed by atoms with van der Waals surface area (Å²) in [5.74, 6) is 0. The van der Waals surface area contributed by atoms with E-state index in [2.05, 4.69) is 36.3 Å². The quantitative estimate of drug-likeness (QED) is 0.869. The van der Waals surface area contributed by atoms with Crippen molar-refractivity contribution >= 4 is 17.3 Å². The molecule has 0 amide bonds. The summed E-state index contributed by atoms with van der Waals surface area (Å²) in [5.41, 5.74) is 2.64. The molecule has 0 spiro atoms. The Labute approximate surface area is 122 Å². The molecule has 0 heterocycles. The highest BCUT2D eigenvalue weighted by molar-refractivity contribution is 6.30. The minimum absolute atomic E-state index is 0.690. The fourth-order valence-electron chi connectivity index (χ4n) is 2.96. The molecule has 106 valence electrons. The summed E-state index contributed by atoms with van der Waals surface area (Å²) in [7, 11) is 2.23. The number of rotatable bonds is 5. The van der Waals surface area contributed by atoms with Crippen molar-refractivity contribution < 1.29 is 0 Å². The van der Waals surface area contributed by atoms with Crippen LogP contribution in [-0.2, 0) is 6.54 Å². The molecule has 1 N–H and O–H groups in total. The van der Waals surface area contributed by atoms with Crippen molar-refractivity contribution in [2.24, 2.45) is 0 Å². The first-order valence-electron chi connectivity index (χ1n) is 7.44. The maximum Gasteiger partial charge on any atom is 0.0412 e. The van der Waals surface area contributed by atoms with Gasteiger partial charge in [0.1, 0.15) is 0 Å². The fraction of sp³-hybridized carbons (Fsp3) is 0.625. The first-order chi connectivity index (χ1) is 9.22. The zero-order chi connectivity index (χ0) is 13.7. The summed E-state index contributed by atoms with van der Waals surface area (Å²) < 4.78 is 0. The average Bonchev–Trinajstić information content (AvgIpc) is 2.45. The van der Waals surface area contributed by atoms with E-state index in [1.165, 1.54) is 43.4 Å². The van der Waals surface area contributed by atoms with Gasteiger partial charge >= 0.3 is 0 Å². The van der Waals surface area contributed by atoms with E-state index in [4.69, 9.17) is 11.6 Å². The van der Waals surface area contributed by atoms with Crippen molar-refractivity contribution in [3.05, 3.63) is 28.8 Å². The van der Waals surface area contributed by atoms with Gasteiger partial charge in [-0.15, -0.1) is 0 Å². The van der Waals surface area contributed by atoms with Crippen LogP contribution >= 0.6 is 11.6 Å². The molecule has 19 heavy (non-hydrogen) atoms. The van der Waals surface area contributed by atoms with Crippen LogP contribution in [0.3, 0.4) is 0 Å². The Bertz CT molecular complexity index is 400. The predicted molar refractivity (Wildman–Crippen MR) is 84.1 cm³/mol. The third-order valence-electron chi connectivity index (χ3n) is 4.11. The fourth-order valence-corrected chi connectivity index (χ4v) is 3.16. The number of benzene rings is 1. The highest BCUT2D eigenvalue weighted by Gasteiger charge is 2.20. The topological polar surface area (TPSA) is 15.3 Å². The van der Waals surface area contributed by atoms with Crippen LogP contribution in [0.25, 0.3) is 0 Å². The Hall–Kier alpha value is -0.730.